The van der Waals surface area contributed by atoms with Gasteiger partial charge in [0.25, 0.3) is 5.91 Å². The molecular weight excluding hydrogens is 348 g/mol. The molecule has 0 heterocycles. The molecule has 2 aromatic carbocycles. The third kappa shape index (κ3) is 4.56. The summed E-state index contributed by atoms with van der Waals surface area (Å²) in [4.78, 5) is 12.3. The summed E-state index contributed by atoms with van der Waals surface area (Å²) in [6.45, 7) is 3.69. The maximum Gasteiger partial charge on any atom is 0.255 e. The zero-order chi connectivity index (χ0) is 17.7. The van der Waals surface area contributed by atoms with Crippen LogP contribution in [0.15, 0.2) is 53.4 Å². The van der Waals surface area contributed by atoms with E-state index in [9.17, 15) is 13.2 Å². The van der Waals surface area contributed by atoms with Crippen LogP contribution in [0.2, 0.25) is 5.02 Å². The third-order valence-corrected chi connectivity index (χ3v) is 5.45. The van der Waals surface area contributed by atoms with Crippen LogP contribution in [0.1, 0.15) is 30.6 Å². The molecule has 0 unspecified atom stereocenters. The average Bonchev–Trinajstić information content (AvgIpc) is 2.56. The minimum Gasteiger partial charge on any atom is -0.321 e. The molecule has 1 amide bonds. The quantitative estimate of drug-likeness (QED) is 0.819. The number of rotatable bonds is 6. The Labute approximate surface area is 147 Å². The highest BCUT2D eigenvalue weighted by Crippen LogP contribution is 2.21. The highest BCUT2D eigenvalue weighted by atomic mass is 35.5. The maximum absolute atomic E-state index is 12.2. The lowest BCUT2D eigenvalue weighted by Crippen LogP contribution is -2.32. The third-order valence-electron chi connectivity index (χ3n) is 3.52. The lowest BCUT2D eigenvalue weighted by Gasteiger charge is -2.12. The zero-order valence-corrected chi connectivity index (χ0v) is 15.0. The molecule has 1 atom stereocenters. The topological polar surface area (TPSA) is 75.3 Å². The number of nitrogens with one attached hydrogen (secondary N) is 2. The molecule has 2 aromatic rings. The van der Waals surface area contributed by atoms with E-state index in [1.807, 2.05) is 6.92 Å². The number of sulfonamides is 1. The highest BCUT2D eigenvalue weighted by molar-refractivity contribution is 7.89. The van der Waals surface area contributed by atoms with E-state index in [-0.39, 0.29) is 16.8 Å². The first kappa shape index (κ1) is 18.4. The first-order valence-corrected chi connectivity index (χ1v) is 9.38. The summed E-state index contributed by atoms with van der Waals surface area (Å²) in [5.41, 5.74) is 0.844. The van der Waals surface area contributed by atoms with E-state index in [1.54, 1.807) is 31.2 Å². The molecule has 0 aliphatic heterocycles. The number of carbonyl (C=O) groups excluding carboxylic acids is 1. The van der Waals surface area contributed by atoms with Gasteiger partial charge in [0, 0.05) is 11.6 Å². The van der Waals surface area contributed by atoms with Crippen LogP contribution in [-0.2, 0) is 10.0 Å². The smallest absolute Gasteiger partial charge is 0.255 e. The average molecular weight is 367 g/mol. The number of halogens is 1. The fraction of sp³-hybridized carbons (Fsp3) is 0.235. The minimum absolute atomic E-state index is 0.122. The van der Waals surface area contributed by atoms with E-state index >= 15 is 0 Å². The van der Waals surface area contributed by atoms with Crippen molar-refractivity contribution in [3.63, 3.8) is 0 Å². The molecule has 0 saturated carbocycles. The fourth-order valence-corrected chi connectivity index (χ4v) is 3.47. The largest absolute Gasteiger partial charge is 0.321 e. The van der Waals surface area contributed by atoms with Gasteiger partial charge in [-0.05, 0) is 49.7 Å². The Hall–Kier alpha value is -1.89. The molecule has 128 valence electrons. The number of anilines is 1. The van der Waals surface area contributed by atoms with Gasteiger partial charge in [-0.15, -0.1) is 0 Å². The van der Waals surface area contributed by atoms with Crippen LogP contribution in [0, 0.1) is 0 Å². The molecule has 0 aliphatic carbocycles. The van der Waals surface area contributed by atoms with Crippen LogP contribution in [0.25, 0.3) is 0 Å². The number of amides is 1. The maximum atomic E-state index is 12.2. The molecule has 0 bridgehead atoms. The summed E-state index contributed by atoms with van der Waals surface area (Å²) in [6, 6.07) is 12.5. The number of benzene rings is 2. The van der Waals surface area contributed by atoms with Gasteiger partial charge < -0.3 is 5.32 Å². The molecule has 7 heteroatoms. The summed E-state index contributed by atoms with van der Waals surface area (Å²) in [6.07, 6.45) is 0.692. The van der Waals surface area contributed by atoms with Gasteiger partial charge in [-0.3, -0.25) is 4.79 Å². The molecule has 0 aliphatic rings. The van der Waals surface area contributed by atoms with Gasteiger partial charge in [0.2, 0.25) is 10.0 Å². The number of hydrogen-bond acceptors (Lipinski definition) is 3. The number of para-hydroxylation sites is 1. The SMILES string of the molecule is CC[C@H](C)NS(=O)(=O)c1ccc(C(=O)Nc2ccccc2Cl)cc1. The van der Waals surface area contributed by atoms with E-state index in [0.29, 0.717) is 22.7 Å². The van der Waals surface area contributed by atoms with Crippen molar-refractivity contribution in [2.75, 3.05) is 5.32 Å². The van der Waals surface area contributed by atoms with Crippen molar-refractivity contribution in [2.24, 2.45) is 0 Å². The summed E-state index contributed by atoms with van der Waals surface area (Å²) in [5, 5.41) is 3.12. The first-order chi connectivity index (χ1) is 11.3. The standard InChI is InChI=1S/C17H19ClN2O3S/c1-3-12(2)20-24(22,23)14-10-8-13(9-11-14)17(21)19-16-7-5-4-6-15(16)18/h4-12,20H,3H2,1-2H3,(H,19,21)/t12-/m0/s1. The van der Waals surface area contributed by atoms with Crippen molar-refractivity contribution in [1.82, 2.24) is 4.72 Å². The molecule has 0 fully saturated rings. The molecule has 0 spiro atoms. The Bertz CT molecular complexity index is 820. The van der Waals surface area contributed by atoms with E-state index in [4.69, 9.17) is 11.6 Å². The molecule has 2 rings (SSSR count). The van der Waals surface area contributed by atoms with Gasteiger partial charge in [-0.2, -0.15) is 0 Å². The summed E-state index contributed by atoms with van der Waals surface area (Å²) in [5.74, 6) is -0.359. The van der Waals surface area contributed by atoms with Gasteiger partial charge in [0.05, 0.1) is 15.6 Å². The Balaban J connectivity index is 2.14. The summed E-state index contributed by atoms with van der Waals surface area (Å²) < 4.78 is 27.0. The molecule has 0 radical (unpaired) electrons. The van der Waals surface area contributed by atoms with E-state index in [2.05, 4.69) is 10.0 Å². The normalized spacial score (nSPS) is 12.6. The van der Waals surface area contributed by atoms with Crippen molar-refractivity contribution in [3.8, 4) is 0 Å². The van der Waals surface area contributed by atoms with Gasteiger partial charge in [-0.1, -0.05) is 30.7 Å². The summed E-state index contributed by atoms with van der Waals surface area (Å²) in [7, 11) is -3.58. The predicted octanol–water partition coefficient (Wildman–Crippen LogP) is 3.67. The lowest BCUT2D eigenvalue weighted by molar-refractivity contribution is 0.102. The van der Waals surface area contributed by atoms with Gasteiger partial charge in [-0.25, -0.2) is 13.1 Å². The second kappa shape index (κ2) is 7.79. The fourth-order valence-electron chi connectivity index (χ4n) is 1.96. The van der Waals surface area contributed by atoms with Crippen LogP contribution in [0.3, 0.4) is 0 Å². The zero-order valence-electron chi connectivity index (χ0n) is 13.4. The van der Waals surface area contributed by atoms with Crippen molar-refractivity contribution < 1.29 is 13.2 Å². The van der Waals surface area contributed by atoms with E-state index in [1.165, 1.54) is 24.3 Å². The first-order valence-electron chi connectivity index (χ1n) is 7.51. The van der Waals surface area contributed by atoms with E-state index < -0.39 is 10.0 Å². The van der Waals surface area contributed by atoms with Gasteiger partial charge in [0.15, 0.2) is 0 Å². The van der Waals surface area contributed by atoms with Crippen molar-refractivity contribution in [2.45, 2.75) is 31.2 Å². The van der Waals surface area contributed by atoms with Crippen LogP contribution >= 0.6 is 11.6 Å². The second-order valence-electron chi connectivity index (χ2n) is 5.39. The second-order valence-corrected chi connectivity index (χ2v) is 7.51. The van der Waals surface area contributed by atoms with Crippen LogP contribution < -0.4 is 10.0 Å². The van der Waals surface area contributed by atoms with Gasteiger partial charge >= 0.3 is 0 Å². The van der Waals surface area contributed by atoms with Crippen LogP contribution in [0.4, 0.5) is 5.69 Å². The molecule has 0 aromatic heterocycles. The molecule has 5 nitrogen and oxygen atoms in total. The Morgan fingerprint density at radius 3 is 2.33 bits per heavy atom. The van der Waals surface area contributed by atoms with Crippen molar-refractivity contribution in [3.05, 3.63) is 59.1 Å². The van der Waals surface area contributed by atoms with Crippen LogP contribution in [-0.4, -0.2) is 20.4 Å². The number of carbonyl (C=O) groups is 1. The molecule has 0 saturated heterocycles. The monoisotopic (exact) mass is 366 g/mol. The van der Waals surface area contributed by atoms with Gasteiger partial charge in [0.1, 0.15) is 0 Å². The van der Waals surface area contributed by atoms with Crippen LogP contribution in [0.5, 0.6) is 0 Å². The predicted molar refractivity (Wildman–Crippen MR) is 95.9 cm³/mol. The Morgan fingerprint density at radius 1 is 1.12 bits per heavy atom. The Kier molecular flexibility index (Phi) is 5.99. The van der Waals surface area contributed by atoms with E-state index in [0.717, 1.165) is 0 Å². The molecular formula is C17H19ClN2O3S. The van der Waals surface area contributed by atoms with Crippen molar-refractivity contribution in [1.29, 1.82) is 0 Å². The molecule has 2 N–H and O–H groups in total. The lowest BCUT2D eigenvalue weighted by atomic mass is 10.2. The van der Waals surface area contributed by atoms with Crippen molar-refractivity contribution >= 4 is 33.2 Å². The highest BCUT2D eigenvalue weighted by Gasteiger charge is 2.17. The number of hydrogen-bond donors (Lipinski definition) is 2. The minimum atomic E-state index is -3.58. The Morgan fingerprint density at radius 2 is 1.75 bits per heavy atom. The summed E-state index contributed by atoms with van der Waals surface area (Å²) >= 11 is 6.00. The molecule has 24 heavy (non-hydrogen) atoms.